The molecule has 1 aliphatic carbocycles. The van der Waals surface area contributed by atoms with Gasteiger partial charge < -0.3 is 9.64 Å². The van der Waals surface area contributed by atoms with Crippen molar-refractivity contribution in [3.05, 3.63) is 0 Å². The zero-order valence-electron chi connectivity index (χ0n) is 14.6. The number of piperazine rings is 1. The molecule has 1 amide bonds. The Morgan fingerprint density at radius 3 is 2.13 bits per heavy atom. The third kappa shape index (κ3) is 5.77. The highest BCUT2D eigenvalue weighted by atomic mass is 16.5. The predicted octanol–water partition coefficient (Wildman–Crippen LogP) is 0.958. The molecule has 0 atom stereocenters. The van der Waals surface area contributed by atoms with Gasteiger partial charge in [-0.05, 0) is 19.8 Å². The van der Waals surface area contributed by atoms with Crippen molar-refractivity contribution in [2.75, 3.05) is 52.9 Å². The molecule has 0 aromatic heterocycles. The molecule has 0 radical (unpaired) electrons. The second-order valence-corrected chi connectivity index (χ2v) is 6.65. The minimum absolute atomic E-state index is 0.158. The smallest absolute Gasteiger partial charge is 0.320 e. The number of amides is 1. The molecule has 2 rings (SSSR count). The SMILES string of the molecule is CCOC(=O)CN1CCN(CC(=O)N(C)C2CCCCC2)CC1. The number of carbonyl (C=O) groups is 2. The lowest BCUT2D eigenvalue weighted by Gasteiger charge is -2.36. The summed E-state index contributed by atoms with van der Waals surface area (Å²) < 4.78 is 4.98. The van der Waals surface area contributed by atoms with Gasteiger partial charge in [-0.2, -0.15) is 0 Å². The van der Waals surface area contributed by atoms with Crippen LogP contribution in [-0.2, 0) is 14.3 Å². The number of hydrogen-bond donors (Lipinski definition) is 0. The van der Waals surface area contributed by atoms with Crippen molar-refractivity contribution in [1.29, 1.82) is 0 Å². The summed E-state index contributed by atoms with van der Waals surface area (Å²) in [5.74, 6) is 0.0739. The van der Waals surface area contributed by atoms with Crippen molar-refractivity contribution in [2.24, 2.45) is 0 Å². The van der Waals surface area contributed by atoms with Crippen molar-refractivity contribution >= 4 is 11.9 Å². The molecule has 132 valence electrons. The molecule has 0 bridgehead atoms. The van der Waals surface area contributed by atoms with Crippen molar-refractivity contribution < 1.29 is 14.3 Å². The molecule has 0 unspecified atom stereocenters. The van der Waals surface area contributed by atoms with E-state index in [1.54, 1.807) is 0 Å². The number of carbonyl (C=O) groups excluding carboxylic acids is 2. The Labute approximate surface area is 139 Å². The van der Waals surface area contributed by atoms with E-state index >= 15 is 0 Å². The summed E-state index contributed by atoms with van der Waals surface area (Å²) in [6.45, 7) is 6.43. The Balaban J connectivity index is 1.68. The van der Waals surface area contributed by atoms with E-state index in [1.807, 2.05) is 18.9 Å². The van der Waals surface area contributed by atoms with Crippen LogP contribution in [0, 0.1) is 0 Å². The first kappa shape index (κ1) is 18.2. The molecular weight excluding hydrogens is 294 g/mol. The summed E-state index contributed by atoms with van der Waals surface area (Å²) in [4.78, 5) is 30.2. The van der Waals surface area contributed by atoms with Crippen LogP contribution in [0.4, 0.5) is 0 Å². The molecule has 0 N–H and O–H groups in total. The predicted molar refractivity (Wildman–Crippen MR) is 89.2 cm³/mol. The molecule has 0 aromatic carbocycles. The lowest BCUT2D eigenvalue weighted by Crippen LogP contribution is -2.51. The molecule has 1 saturated heterocycles. The van der Waals surface area contributed by atoms with E-state index in [0.29, 0.717) is 25.7 Å². The lowest BCUT2D eigenvalue weighted by atomic mass is 9.94. The van der Waals surface area contributed by atoms with Crippen LogP contribution in [0.1, 0.15) is 39.0 Å². The summed E-state index contributed by atoms with van der Waals surface area (Å²) >= 11 is 0. The third-order valence-electron chi connectivity index (χ3n) is 5.00. The second-order valence-electron chi connectivity index (χ2n) is 6.65. The van der Waals surface area contributed by atoms with Crippen LogP contribution in [0.5, 0.6) is 0 Å². The van der Waals surface area contributed by atoms with Crippen LogP contribution in [0.2, 0.25) is 0 Å². The van der Waals surface area contributed by atoms with E-state index in [1.165, 1.54) is 19.3 Å². The quantitative estimate of drug-likeness (QED) is 0.681. The van der Waals surface area contributed by atoms with E-state index in [4.69, 9.17) is 4.74 Å². The zero-order valence-corrected chi connectivity index (χ0v) is 14.6. The maximum Gasteiger partial charge on any atom is 0.320 e. The van der Waals surface area contributed by atoms with Crippen LogP contribution < -0.4 is 0 Å². The fourth-order valence-electron chi connectivity index (χ4n) is 3.47. The van der Waals surface area contributed by atoms with E-state index in [9.17, 15) is 9.59 Å². The van der Waals surface area contributed by atoms with Crippen LogP contribution in [0.25, 0.3) is 0 Å². The highest BCUT2D eigenvalue weighted by Crippen LogP contribution is 2.21. The molecule has 1 heterocycles. The monoisotopic (exact) mass is 325 g/mol. The van der Waals surface area contributed by atoms with Gasteiger partial charge in [0.05, 0.1) is 19.7 Å². The molecule has 1 saturated carbocycles. The van der Waals surface area contributed by atoms with Crippen molar-refractivity contribution in [1.82, 2.24) is 14.7 Å². The molecule has 0 aromatic rings. The summed E-state index contributed by atoms with van der Waals surface area (Å²) in [5, 5.41) is 0. The Hall–Kier alpha value is -1.14. The summed E-state index contributed by atoms with van der Waals surface area (Å²) in [6, 6.07) is 0.432. The fourth-order valence-corrected chi connectivity index (χ4v) is 3.47. The van der Waals surface area contributed by atoms with E-state index in [2.05, 4.69) is 9.80 Å². The number of rotatable bonds is 6. The first-order chi connectivity index (χ1) is 11.1. The Kier molecular flexibility index (Phi) is 7.30. The van der Waals surface area contributed by atoms with E-state index < -0.39 is 0 Å². The van der Waals surface area contributed by atoms with E-state index in [-0.39, 0.29) is 11.9 Å². The van der Waals surface area contributed by atoms with Gasteiger partial charge in [0.1, 0.15) is 0 Å². The molecule has 23 heavy (non-hydrogen) atoms. The molecule has 0 spiro atoms. The van der Waals surface area contributed by atoms with Gasteiger partial charge in [0, 0.05) is 39.3 Å². The van der Waals surface area contributed by atoms with Crippen LogP contribution in [0.15, 0.2) is 0 Å². The summed E-state index contributed by atoms with van der Waals surface area (Å²) in [5.41, 5.74) is 0. The number of ether oxygens (including phenoxy) is 1. The van der Waals surface area contributed by atoms with Crippen LogP contribution in [-0.4, -0.2) is 85.5 Å². The van der Waals surface area contributed by atoms with Gasteiger partial charge in [-0.25, -0.2) is 0 Å². The van der Waals surface area contributed by atoms with Gasteiger partial charge >= 0.3 is 5.97 Å². The molecule has 2 aliphatic rings. The van der Waals surface area contributed by atoms with Gasteiger partial charge in [0.2, 0.25) is 5.91 Å². The first-order valence-electron chi connectivity index (χ1n) is 8.96. The van der Waals surface area contributed by atoms with Crippen LogP contribution >= 0.6 is 0 Å². The van der Waals surface area contributed by atoms with Gasteiger partial charge in [0.25, 0.3) is 0 Å². The fraction of sp³-hybridized carbons (Fsp3) is 0.882. The topological polar surface area (TPSA) is 53.1 Å². The molecule has 2 fully saturated rings. The lowest BCUT2D eigenvalue weighted by molar-refractivity contribution is -0.145. The summed E-state index contributed by atoms with van der Waals surface area (Å²) in [6.07, 6.45) is 6.09. The minimum atomic E-state index is -0.158. The van der Waals surface area contributed by atoms with E-state index in [0.717, 1.165) is 39.0 Å². The van der Waals surface area contributed by atoms with Crippen molar-refractivity contribution in [3.63, 3.8) is 0 Å². The van der Waals surface area contributed by atoms with Crippen molar-refractivity contribution in [3.8, 4) is 0 Å². The van der Waals surface area contributed by atoms with Gasteiger partial charge in [-0.3, -0.25) is 19.4 Å². The van der Waals surface area contributed by atoms with Gasteiger partial charge in [-0.1, -0.05) is 19.3 Å². The molecular formula is C17H31N3O3. The molecule has 6 heteroatoms. The Bertz CT molecular complexity index is 389. The zero-order chi connectivity index (χ0) is 16.7. The molecule has 6 nitrogen and oxygen atoms in total. The average molecular weight is 325 g/mol. The van der Waals surface area contributed by atoms with Gasteiger partial charge in [0.15, 0.2) is 0 Å². The number of hydrogen-bond acceptors (Lipinski definition) is 5. The average Bonchev–Trinajstić information content (AvgIpc) is 2.57. The van der Waals surface area contributed by atoms with Crippen molar-refractivity contribution in [2.45, 2.75) is 45.1 Å². The highest BCUT2D eigenvalue weighted by Gasteiger charge is 2.25. The normalized spacial score (nSPS) is 21.1. The highest BCUT2D eigenvalue weighted by molar-refractivity contribution is 5.78. The maximum absolute atomic E-state index is 12.5. The van der Waals surface area contributed by atoms with Gasteiger partial charge in [-0.15, -0.1) is 0 Å². The largest absolute Gasteiger partial charge is 0.465 e. The van der Waals surface area contributed by atoms with Crippen LogP contribution in [0.3, 0.4) is 0 Å². The molecule has 1 aliphatic heterocycles. The third-order valence-corrected chi connectivity index (χ3v) is 5.00. The first-order valence-corrected chi connectivity index (χ1v) is 8.96. The maximum atomic E-state index is 12.5. The number of nitrogens with zero attached hydrogens (tertiary/aromatic N) is 3. The second kappa shape index (κ2) is 9.23. The minimum Gasteiger partial charge on any atom is -0.465 e. The Morgan fingerprint density at radius 1 is 1.00 bits per heavy atom. The standard InChI is InChI=1S/C17H31N3O3/c1-3-23-17(22)14-20-11-9-19(10-12-20)13-16(21)18(2)15-7-5-4-6-8-15/h15H,3-14H2,1-2H3. The number of likely N-dealkylation sites (N-methyl/N-ethyl adjacent to an activating group) is 1. The Morgan fingerprint density at radius 2 is 1.57 bits per heavy atom. The summed E-state index contributed by atoms with van der Waals surface area (Å²) in [7, 11) is 1.95. The number of esters is 1.